The highest BCUT2D eigenvalue weighted by atomic mass is 35.5. The second-order valence-electron chi connectivity index (χ2n) is 2.80. The maximum atomic E-state index is 5.64. The zero-order chi connectivity index (χ0) is 9.80. The van der Waals surface area contributed by atoms with E-state index in [1.807, 2.05) is 23.6 Å². The number of aromatic nitrogens is 2. The van der Waals surface area contributed by atoms with Crippen LogP contribution < -0.4 is 0 Å². The topological polar surface area (TPSA) is 25.8 Å². The third kappa shape index (κ3) is 2.11. The summed E-state index contributed by atoms with van der Waals surface area (Å²) >= 11 is 7.25. The first kappa shape index (κ1) is 9.62. The van der Waals surface area contributed by atoms with Crippen LogP contribution in [0, 0.1) is 0 Å². The molecule has 0 bridgehead atoms. The number of pyridine rings is 1. The summed E-state index contributed by atoms with van der Waals surface area (Å²) in [5.41, 5.74) is 1.98. The molecule has 0 fully saturated rings. The van der Waals surface area contributed by atoms with Crippen molar-refractivity contribution in [3.05, 3.63) is 35.5 Å². The fourth-order valence-corrected chi connectivity index (χ4v) is 2.15. The highest BCUT2D eigenvalue weighted by Crippen LogP contribution is 2.21. The van der Waals surface area contributed by atoms with Crippen LogP contribution in [0.1, 0.15) is 5.69 Å². The Morgan fingerprint density at radius 2 is 2.29 bits per heavy atom. The summed E-state index contributed by atoms with van der Waals surface area (Å²) < 4.78 is 0. The maximum absolute atomic E-state index is 5.64. The molecule has 72 valence electrons. The number of rotatable bonds is 3. The Morgan fingerprint density at radius 3 is 3.00 bits per heavy atom. The highest BCUT2D eigenvalue weighted by Gasteiger charge is 2.04. The standard InChI is InChI=1S/C10H9ClN2S/c11-5-4-8-7-14-10(13-8)9-3-1-2-6-12-9/h1-3,6-7H,4-5H2. The van der Waals surface area contributed by atoms with E-state index in [1.165, 1.54) is 0 Å². The monoisotopic (exact) mass is 224 g/mol. The van der Waals surface area contributed by atoms with Crippen molar-refractivity contribution < 1.29 is 0 Å². The van der Waals surface area contributed by atoms with Crippen molar-refractivity contribution in [2.24, 2.45) is 0 Å². The van der Waals surface area contributed by atoms with E-state index in [0.717, 1.165) is 22.8 Å². The van der Waals surface area contributed by atoms with Crippen molar-refractivity contribution >= 4 is 22.9 Å². The summed E-state index contributed by atoms with van der Waals surface area (Å²) in [6, 6.07) is 5.82. The molecule has 2 heterocycles. The van der Waals surface area contributed by atoms with E-state index in [-0.39, 0.29) is 0 Å². The number of nitrogens with zero attached hydrogens (tertiary/aromatic N) is 2. The van der Waals surface area contributed by atoms with Gasteiger partial charge in [0.25, 0.3) is 0 Å². The van der Waals surface area contributed by atoms with Crippen molar-refractivity contribution in [1.82, 2.24) is 9.97 Å². The minimum Gasteiger partial charge on any atom is -0.254 e. The van der Waals surface area contributed by atoms with Crippen LogP contribution in [0.15, 0.2) is 29.8 Å². The molecule has 2 aromatic rings. The van der Waals surface area contributed by atoms with Crippen molar-refractivity contribution in [3.63, 3.8) is 0 Å². The smallest absolute Gasteiger partial charge is 0.142 e. The average Bonchev–Trinajstić information content (AvgIpc) is 2.68. The molecule has 14 heavy (non-hydrogen) atoms. The molecule has 0 saturated heterocycles. The lowest BCUT2D eigenvalue weighted by molar-refractivity contribution is 1.07. The lowest BCUT2D eigenvalue weighted by Gasteiger charge is -1.92. The van der Waals surface area contributed by atoms with Crippen LogP contribution in [-0.2, 0) is 6.42 Å². The number of hydrogen-bond acceptors (Lipinski definition) is 3. The Morgan fingerprint density at radius 1 is 1.36 bits per heavy atom. The van der Waals surface area contributed by atoms with Gasteiger partial charge in [-0.2, -0.15) is 0 Å². The van der Waals surface area contributed by atoms with Gasteiger partial charge in [-0.05, 0) is 12.1 Å². The quantitative estimate of drug-likeness (QED) is 0.750. The second-order valence-corrected chi connectivity index (χ2v) is 4.03. The van der Waals surface area contributed by atoms with Gasteiger partial charge in [-0.25, -0.2) is 4.98 Å². The van der Waals surface area contributed by atoms with Gasteiger partial charge in [0.15, 0.2) is 0 Å². The first-order valence-electron chi connectivity index (χ1n) is 4.32. The van der Waals surface area contributed by atoms with Gasteiger partial charge in [-0.1, -0.05) is 6.07 Å². The Bertz CT molecular complexity index is 400. The summed E-state index contributed by atoms with van der Waals surface area (Å²) in [5, 5.41) is 3.00. The molecule has 0 aliphatic rings. The number of thiazole rings is 1. The molecule has 4 heteroatoms. The molecule has 0 saturated carbocycles. The summed E-state index contributed by atoms with van der Waals surface area (Å²) in [6.45, 7) is 0. The van der Waals surface area contributed by atoms with Crippen LogP contribution in [0.5, 0.6) is 0 Å². The molecule has 0 aliphatic heterocycles. The number of halogens is 1. The number of alkyl halides is 1. The average molecular weight is 225 g/mol. The van der Waals surface area contributed by atoms with E-state index in [2.05, 4.69) is 9.97 Å². The van der Waals surface area contributed by atoms with Gasteiger partial charge in [0.05, 0.1) is 11.4 Å². The highest BCUT2D eigenvalue weighted by molar-refractivity contribution is 7.13. The van der Waals surface area contributed by atoms with Gasteiger partial charge in [0.2, 0.25) is 0 Å². The van der Waals surface area contributed by atoms with Gasteiger partial charge in [0, 0.05) is 23.9 Å². The van der Waals surface area contributed by atoms with Gasteiger partial charge in [-0.15, -0.1) is 22.9 Å². The molecular weight excluding hydrogens is 216 g/mol. The van der Waals surface area contributed by atoms with E-state index < -0.39 is 0 Å². The van der Waals surface area contributed by atoms with Crippen molar-refractivity contribution in [1.29, 1.82) is 0 Å². The third-order valence-electron chi connectivity index (χ3n) is 1.79. The minimum absolute atomic E-state index is 0.616. The summed E-state index contributed by atoms with van der Waals surface area (Å²) in [7, 11) is 0. The van der Waals surface area contributed by atoms with Crippen molar-refractivity contribution in [3.8, 4) is 10.7 Å². The lowest BCUT2D eigenvalue weighted by atomic mass is 10.3. The van der Waals surface area contributed by atoms with Crippen LogP contribution in [0.25, 0.3) is 10.7 Å². The second kappa shape index (κ2) is 4.53. The van der Waals surface area contributed by atoms with Gasteiger partial charge in [-0.3, -0.25) is 4.98 Å². The first-order valence-corrected chi connectivity index (χ1v) is 5.73. The molecule has 0 amide bonds. The molecule has 2 rings (SSSR count). The molecule has 2 nitrogen and oxygen atoms in total. The molecule has 0 N–H and O–H groups in total. The van der Waals surface area contributed by atoms with E-state index in [1.54, 1.807) is 17.5 Å². The normalized spacial score (nSPS) is 10.4. The fourth-order valence-electron chi connectivity index (χ4n) is 1.13. The Labute approximate surface area is 91.6 Å². The van der Waals surface area contributed by atoms with E-state index in [9.17, 15) is 0 Å². The number of aryl methyl sites for hydroxylation is 1. The fraction of sp³-hybridized carbons (Fsp3) is 0.200. The van der Waals surface area contributed by atoms with Crippen LogP contribution >= 0.6 is 22.9 Å². The van der Waals surface area contributed by atoms with Gasteiger partial charge < -0.3 is 0 Å². The zero-order valence-electron chi connectivity index (χ0n) is 7.48. The third-order valence-corrected chi connectivity index (χ3v) is 2.89. The summed E-state index contributed by atoms with van der Waals surface area (Å²) in [5.74, 6) is 0.616. The van der Waals surface area contributed by atoms with Crippen LogP contribution in [0.3, 0.4) is 0 Å². The maximum Gasteiger partial charge on any atom is 0.142 e. The molecule has 0 aliphatic carbocycles. The largest absolute Gasteiger partial charge is 0.254 e. The van der Waals surface area contributed by atoms with Crippen molar-refractivity contribution in [2.45, 2.75) is 6.42 Å². The lowest BCUT2D eigenvalue weighted by Crippen LogP contribution is -1.86. The van der Waals surface area contributed by atoms with Crippen LogP contribution in [0.2, 0.25) is 0 Å². The van der Waals surface area contributed by atoms with E-state index >= 15 is 0 Å². The molecule has 0 radical (unpaired) electrons. The molecule has 0 aromatic carbocycles. The predicted molar refractivity (Wildman–Crippen MR) is 59.8 cm³/mol. The number of hydrogen-bond donors (Lipinski definition) is 0. The predicted octanol–water partition coefficient (Wildman–Crippen LogP) is 2.99. The zero-order valence-corrected chi connectivity index (χ0v) is 9.05. The summed E-state index contributed by atoms with van der Waals surface area (Å²) in [4.78, 5) is 8.68. The van der Waals surface area contributed by atoms with Gasteiger partial charge in [0.1, 0.15) is 5.01 Å². The molecular formula is C10H9ClN2S. The molecule has 0 spiro atoms. The Hall–Kier alpha value is -0.930. The molecule has 0 atom stereocenters. The van der Waals surface area contributed by atoms with Crippen LogP contribution in [-0.4, -0.2) is 15.8 Å². The minimum atomic E-state index is 0.616. The SMILES string of the molecule is ClCCc1csc(-c2ccccn2)n1. The van der Waals surface area contributed by atoms with E-state index in [0.29, 0.717) is 5.88 Å². The van der Waals surface area contributed by atoms with Crippen molar-refractivity contribution in [2.75, 3.05) is 5.88 Å². The molecule has 0 unspecified atom stereocenters. The van der Waals surface area contributed by atoms with E-state index in [4.69, 9.17) is 11.6 Å². The summed E-state index contributed by atoms with van der Waals surface area (Å²) in [6.07, 6.45) is 2.60. The Balaban J connectivity index is 2.25. The first-order chi connectivity index (χ1) is 6.90. The van der Waals surface area contributed by atoms with Crippen LogP contribution in [0.4, 0.5) is 0 Å². The van der Waals surface area contributed by atoms with Gasteiger partial charge >= 0.3 is 0 Å². The Kier molecular flexibility index (Phi) is 3.11. The molecule has 2 aromatic heterocycles.